The van der Waals surface area contributed by atoms with E-state index in [2.05, 4.69) is 4.90 Å². The van der Waals surface area contributed by atoms with Gasteiger partial charge in [0.25, 0.3) is 0 Å². The fourth-order valence-corrected chi connectivity index (χ4v) is 5.19. The van der Waals surface area contributed by atoms with Crippen molar-refractivity contribution in [3.8, 4) is 0 Å². The molecule has 0 aromatic heterocycles. The third-order valence-corrected chi connectivity index (χ3v) is 7.08. The molecule has 3 unspecified atom stereocenters. The number of nitrogens with zero attached hydrogens (tertiary/aromatic N) is 2. The van der Waals surface area contributed by atoms with Crippen molar-refractivity contribution < 1.29 is 45.0 Å². The molecule has 2 aromatic rings. The third kappa shape index (κ3) is 7.92. The van der Waals surface area contributed by atoms with Crippen molar-refractivity contribution in [1.29, 1.82) is 0 Å². The molecule has 39 heavy (non-hydrogen) atoms. The second kappa shape index (κ2) is 12.2. The molecule has 3 aliphatic heterocycles. The lowest BCUT2D eigenvalue weighted by atomic mass is 9.95. The highest BCUT2D eigenvalue weighted by molar-refractivity contribution is 5.78. The molecule has 3 aliphatic rings. The molecular weight excluding hydrogens is 533 g/mol. The van der Waals surface area contributed by atoms with E-state index in [9.17, 15) is 35.5 Å². The lowest BCUT2D eigenvalue weighted by Gasteiger charge is -2.41. The van der Waals surface area contributed by atoms with E-state index in [1.54, 1.807) is 23.1 Å². The first-order valence-corrected chi connectivity index (χ1v) is 12.6. The summed E-state index contributed by atoms with van der Waals surface area (Å²) in [7, 11) is 0. The SMILES string of the molecule is Fc1ccccc1.O=C1CC(N2CCOCC2)CC2CC(OCc3cc(C(F)(F)F)cc(C(F)(F)F)c3)CN12. The van der Waals surface area contributed by atoms with Gasteiger partial charge in [0.15, 0.2) is 0 Å². The molecule has 0 bridgehead atoms. The topological polar surface area (TPSA) is 42.0 Å². The van der Waals surface area contributed by atoms with Crippen LogP contribution in [0.1, 0.15) is 36.0 Å². The Kier molecular flexibility index (Phi) is 9.18. The summed E-state index contributed by atoms with van der Waals surface area (Å²) in [4.78, 5) is 16.6. The normalized spacial score (nSPS) is 24.2. The van der Waals surface area contributed by atoms with E-state index in [0.29, 0.717) is 44.7 Å². The second-order valence-corrected chi connectivity index (χ2v) is 9.82. The molecule has 3 fully saturated rings. The van der Waals surface area contributed by atoms with Crippen molar-refractivity contribution >= 4 is 5.91 Å². The summed E-state index contributed by atoms with van der Waals surface area (Å²) in [5.74, 6) is -0.176. The summed E-state index contributed by atoms with van der Waals surface area (Å²) in [6, 6.07) is 9.47. The first-order chi connectivity index (χ1) is 18.4. The average molecular weight is 563 g/mol. The van der Waals surface area contributed by atoms with Crippen molar-refractivity contribution in [2.45, 2.75) is 56.4 Å². The van der Waals surface area contributed by atoms with E-state index in [0.717, 1.165) is 19.5 Å². The van der Waals surface area contributed by atoms with Crippen LogP contribution in [0.5, 0.6) is 0 Å². The predicted molar refractivity (Wildman–Crippen MR) is 127 cm³/mol. The Bertz CT molecular complexity index is 1070. The number of benzene rings is 2. The number of hydrogen-bond acceptors (Lipinski definition) is 4. The average Bonchev–Trinajstić information content (AvgIpc) is 3.31. The first kappa shape index (κ1) is 29.3. The fourth-order valence-electron chi connectivity index (χ4n) is 5.19. The second-order valence-electron chi connectivity index (χ2n) is 9.82. The number of carbonyl (C=O) groups excluding carboxylic acids is 1. The molecular formula is C27H29F7N2O3. The Balaban J connectivity index is 0.000000438. The number of hydrogen-bond donors (Lipinski definition) is 0. The molecule has 12 heteroatoms. The Morgan fingerprint density at radius 1 is 0.872 bits per heavy atom. The van der Waals surface area contributed by atoms with Crippen molar-refractivity contribution in [2.24, 2.45) is 0 Å². The number of piperidine rings is 1. The zero-order chi connectivity index (χ0) is 28.2. The molecule has 3 saturated heterocycles. The molecule has 3 heterocycles. The van der Waals surface area contributed by atoms with E-state index < -0.39 is 29.6 Å². The summed E-state index contributed by atoms with van der Waals surface area (Å²) in [6.07, 6.45) is -8.55. The van der Waals surface area contributed by atoms with Crippen molar-refractivity contribution in [3.63, 3.8) is 0 Å². The fraction of sp³-hybridized carbons (Fsp3) is 0.519. The minimum atomic E-state index is -4.90. The number of carbonyl (C=O) groups is 1. The highest BCUT2D eigenvalue weighted by Crippen LogP contribution is 2.37. The minimum absolute atomic E-state index is 0.00210. The highest BCUT2D eigenvalue weighted by atomic mass is 19.4. The lowest BCUT2D eigenvalue weighted by molar-refractivity contribution is -0.143. The van der Waals surface area contributed by atoms with Crippen LogP contribution in [0.3, 0.4) is 0 Å². The monoisotopic (exact) mass is 562 g/mol. The number of ether oxygens (including phenoxy) is 2. The van der Waals surface area contributed by atoms with Gasteiger partial charge in [0, 0.05) is 38.1 Å². The molecule has 0 spiro atoms. The number of halogens is 7. The van der Waals surface area contributed by atoms with Crippen LogP contribution >= 0.6 is 0 Å². The largest absolute Gasteiger partial charge is 0.416 e. The molecule has 0 N–H and O–H groups in total. The van der Waals surface area contributed by atoms with E-state index in [1.165, 1.54) is 12.1 Å². The van der Waals surface area contributed by atoms with Crippen LogP contribution in [-0.4, -0.2) is 66.7 Å². The van der Waals surface area contributed by atoms with Crippen LogP contribution < -0.4 is 0 Å². The lowest BCUT2D eigenvalue weighted by Crippen LogP contribution is -2.53. The summed E-state index contributed by atoms with van der Waals surface area (Å²) in [6.45, 7) is 2.69. The molecule has 1 amide bonds. The van der Waals surface area contributed by atoms with Gasteiger partial charge in [-0.25, -0.2) is 4.39 Å². The van der Waals surface area contributed by atoms with Crippen LogP contribution in [0.2, 0.25) is 0 Å². The molecule has 3 atom stereocenters. The van der Waals surface area contributed by atoms with Gasteiger partial charge < -0.3 is 14.4 Å². The van der Waals surface area contributed by atoms with Crippen LogP contribution in [0.15, 0.2) is 48.5 Å². The molecule has 0 radical (unpaired) electrons. The molecule has 5 rings (SSSR count). The van der Waals surface area contributed by atoms with Gasteiger partial charge in [-0.05, 0) is 48.7 Å². The number of morpholine rings is 1. The van der Waals surface area contributed by atoms with Gasteiger partial charge in [0.2, 0.25) is 5.91 Å². The van der Waals surface area contributed by atoms with Gasteiger partial charge in [0.1, 0.15) is 5.82 Å². The number of rotatable bonds is 4. The number of amides is 1. The van der Waals surface area contributed by atoms with Crippen molar-refractivity contribution in [2.75, 3.05) is 32.8 Å². The highest BCUT2D eigenvalue weighted by Gasteiger charge is 2.43. The maximum atomic E-state index is 13.0. The Hall–Kier alpha value is -2.70. The zero-order valence-corrected chi connectivity index (χ0v) is 21.0. The van der Waals surface area contributed by atoms with E-state index >= 15 is 0 Å². The Labute approximate surface area is 221 Å². The molecule has 2 aromatic carbocycles. The van der Waals surface area contributed by atoms with Gasteiger partial charge >= 0.3 is 12.4 Å². The van der Waals surface area contributed by atoms with Gasteiger partial charge in [0.05, 0.1) is 37.1 Å². The maximum absolute atomic E-state index is 13.0. The molecule has 214 valence electrons. The summed E-state index contributed by atoms with van der Waals surface area (Å²) >= 11 is 0. The summed E-state index contributed by atoms with van der Waals surface area (Å²) in [5, 5.41) is 0. The van der Waals surface area contributed by atoms with Gasteiger partial charge in [-0.15, -0.1) is 0 Å². The van der Waals surface area contributed by atoms with E-state index in [1.807, 2.05) is 0 Å². The van der Waals surface area contributed by atoms with Crippen LogP contribution in [0.25, 0.3) is 0 Å². The minimum Gasteiger partial charge on any atom is -0.379 e. The van der Waals surface area contributed by atoms with Crippen LogP contribution in [0, 0.1) is 5.82 Å². The standard InChI is InChI=1S/C21H24F6N2O3.C6H5F/c22-20(23,24)14-5-13(6-15(7-14)21(25,26)27)12-32-18-9-17-8-16(10-19(30)29(17)11-18)28-1-3-31-4-2-28;7-6-4-2-1-3-5-6/h5-7,16-18H,1-4,8-12H2;1-5H. The Morgan fingerprint density at radius 2 is 1.49 bits per heavy atom. The van der Waals surface area contributed by atoms with E-state index in [-0.39, 0.29) is 42.0 Å². The van der Waals surface area contributed by atoms with Gasteiger partial charge in [-0.1, -0.05) is 18.2 Å². The first-order valence-electron chi connectivity index (χ1n) is 12.6. The Morgan fingerprint density at radius 3 is 2.03 bits per heavy atom. The summed E-state index contributed by atoms with van der Waals surface area (Å²) in [5.41, 5.74) is -2.92. The van der Waals surface area contributed by atoms with E-state index in [4.69, 9.17) is 9.47 Å². The number of alkyl halides is 6. The quantitative estimate of drug-likeness (QED) is 0.460. The van der Waals surface area contributed by atoms with Crippen LogP contribution in [-0.2, 0) is 33.2 Å². The smallest absolute Gasteiger partial charge is 0.379 e. The van der Waals surface area contributed by atoms with Gasteiger partial charge in [-0.2, -0.15) is 26.3 Å². The molecule has 0 aliphatic carbocycles. The van der Waals surface area contributed by atoms with Crippen molar-refractivity contribution in [1.82, 2.24) is 9.80 Å². The predicted octanol–water partition coefficient (Wildman–Crippen LogP) is 5.53. The maximum Gasteiger partial charge on any atom is 0.416 e. The molecule has 0 saturated carbocycles. The number of fused-ring (bicyclic) bond motifs is 1. The third-order valence-electron chi connectivity index (χ3n) is 7.08. The van der Waals surface area contributed by atoms with Crippen molar-refractivity contribution in [3.05, 3.63) is 71.0 Å². The zero-order valence-electron chi connectivity index (χ0n) is 21.0. The molecule has 5 nitrogen and oxygen atoms in total. The van der Waals surface area contributed by atoms with Gasteiger partial charge in [-0.3, -0.25) is 9.69 Å². The van der Waals surface area contributed by atoms with Crippen LogP contribution in [0.4, 0.5) is 30.7 Å². The summed E-state index contributed by atoms with van der Waals surface area (Å²) < 4.78 is 101.